The van der Waals surface area contributed by atoms with E-state index in [0.717, 1.165) is 11.1 Å². The van der Waals surface area contributed by atoms with Gasteiger partial charge in [-0.1, -0.05) is 55.5 Å². The molecule has 1 amide bonds. The van der Waals surface area contributed by atoms with Crippen molar-refractivity contribution in [3.8, 4) is 0 Å². The monoisotopic (exact) mass is 592 g/mol. The Balaban J connectivity index is 1.52. The van der Waals surface area contributed by atoms with Crippen LogP contribution < -0.4 is 9.62 Å². The highest BCUT2D eigenvalue weighted by Crippen LogP contribution is 2.46. The Morgan fingerprint density at radius 2 is 1.88 bits per heavy atom. The van der Waals surface area contributed by atoms with E-state index in [0.29, 0.717) is 11.5 Å². The van der Waals surface area contributed by atoms with Gasteiger partial charge in [-0.2, -0.15) is 0 Å². The maximum absolute atomic E-state index is 15.1. The van der Waals surface area contributed by atoms with Crippen molar-refractivity contribution < 1.29 is 22.0 Å². The lowest BCUT2D eigenvalue weighted by atomic mass is 9.85. The zero-order chi connectivity index (χ0) is 30.1. The maximum Gasteiger partial charge on any atom is 0.273 e. The quantitative estimate of drug-likeness (QED) is 0.245. The highest BCUT2D eigenvalue weighted by molar-refractivity contribution is 7.89. The molecule has 0 radical (unpaired) electrons. The predicted octanol–water partition coefficient (Wildman–Crippen LogP) is 6.36. The first-order valence-corrected chi connectivity index (χ1v) is 15.4. The molecule has 4 aromatic rings. The molecule has 220 valence electrons. The molecular weight excluding hydrogens is 558 g/mol. The molecule has 3 aromatic carbocycles. The lowest BCUT2D eigenvalue weighted by Crippen LogP contribution is -2.36. The lowest BCUT2D eigenvalue weighted by molar-refractivity contribution is -0.119. The van der Waals surface area contributed by atoms with Crippen LogP contribution >= 0.6 is 0 Å². The van der Waals surface area contributed by atoms with Crippen LogP contribution in [0.4, 0.5) is 14.5 Å². The lowest BCUT2D eigenvalue weighted by Gasteiger charge is -2.33. The molecule has 1 aliphatic carbocycles. The summed E-state index contributed by atoms with van der Waals surface area (Å²) in [5.74, 6) is -2.79. The Hall–Kier alpha value is -3.89. The summed E-state index contributed by atoms with van der Waals surface area (Å²) in [5.41, 5.74) is 2.10. The van der Waals surface area contributed by atoms with Gasteiger partial charge in [0.15, 0.2) is 0 Å². The molecule has 0 saturated heterocycles. The second-order valence-corrected chi connectivity index (χ2v) is 12.7. The van der Waals surface area contributed by atoms with E-state index in [1.54, 1.807) is 40.9 Å². The second-order valence-electron chi connectivity index (χ2n) is 11.0. The van der Waals surface area contributed by atoms with E-state index in [9.17, 15) is 13.2 Å². The van der Waals surface area contributed by atoms with Crippen molar-refractivity contribution in [2.45, 2.75) is 62.4 Å². The largest absolute Gasteiger partial charge is 0.337 e. The van der Waals surface area contributed by atoms with Gasteiger partial charge in [-0.25, -0.2) is 26.9 Å². The van der Waals surface area contributed by atoms with E-state index in [1.807, 2.05) is 44.3 Å². The van der Waals surface area contributed by atoms with Gasteiger partial charge in [0, 0.05) is 49.6 Å². The number of nitrogens with one attached hydrogen (secondary N) is 1. The molecule has 2 atom stereocenters. The Labute approximate surface area is 245 Å². The summed E-state index contributed by atoms with van der Waals surface area (Å²) in [6.07, 6.45) is 3.00. The fourth-order valence-corrected chi connectivity index (χ4v) is 6.75. The molecule has 10 heteroatoms. The molecule has 1 aliphatic rings. The molecule has 0 aliphatic heterocycles. The third-order valence-electron chi connectivity index (χ3n) is 7.83. The Morgan fingerprint density at radius 1 is 1.12 bits per heavy atom. The van der Waals surface area contributed by atoms with Crippen LogP contribution in [0.15, 0.2) is 90.1 Å². The number of anilines is 1. The van der Waals surface area contributed by atoms with Gasteiger partial charge in [0.25, 0.3) is 5.92 Å². The average molecular weight is 593 g/mol. The van der Waals surface area contributed by atoms with Crippen LogP contribution in [-0.2, 0) is 34.3 Å². The van der Waals surface area contributed by atoms with Gasteiger partial charge < -0.3 is 9.47 Å². The summed E-state index contributed by atoms with van der Waals surface area (Å²) < 4.78 is 61.3. The minimum atomic E-state index is -3.99. The van der Waals surface area contributed by atoms with Crippen LogP contribution in [0.25, 0.3) is 0 Å². The molecule has 0 unspecified atom stereocenters. The van der Waals surface area contributed by atoms with E-state index in [-0.39, 0.29) is 47.2 Å². The number of amides is 1. The maximum atomic E-state index is 15.1. The Morgan fingerprint density at radius 3 is 2.57 bits per heavy atom. The Kier molecular flexibility index (Phi) is 8.30. The first-order valence-electron chi connectivity index (χ1n) is 13.9. The summed E-state index contributed by atoms with van der Waals surface area (Å²) >= 11 is 0. The van der Waals surface area contributed by atoms with Gasteiger partial charge in [0.05, 0.1) is 11.4 Å². The summed E-state index contributed by atoms with van der Waals surface area (Å²) in [5, 5.41) is 0. The van der Waals surface area contributed by atoms with E-state index in [2.05, 4.69) is 9.71 Å². The molecule has 7 nitrogen and oxygen atoms in total. The topological polar surface area (TPSA) is 84.3 Å². The smallest absolute Gasteiger partial charge is 0.273 e. The number of hydrogen-bond acceptors (Lipinski definition) is 4. The minimum absolute atomic E-state index is 0.0685. The van der Waals surface area contributed by atoms with Crippen molar-refractivity contribution in [1.82, 2.24) is 14.3 Å². The number of rotatable bonds is 9. The van der Waals surface area contributed by atoms with Crippen LogP contribution in [0.2, 0.25) is 0 Å². The van der Waals surface area contributed by atoms with Crippen LogP contribution in [0, 0.1) is 6.92 Å². The number of aromatic nitrogens is 2. The van der Waals surface area contributed by atoms with Crippen molar-refractivity contribution in [3.63, 3.8) is 0 Å². The first-order chi connectivity index (χ1) is 19.9. The number of aryl methyl sites for hydroxylation is 2. The predicted molar refractivity (Wildman–Crippen MR) is 158 cm³/mol. The number of fused-ring (bicyclic) bond motifs is 1. The third-order valence-corrected chi connectivity index (χ3v) is 9.30. The van der Waals surface area contributed by atoms with Gasteiger partial charge in [-0.15, -0.1) is 0 Å². The van der Waals surface area contributed by atoms with Gasteiger partial charge in [-0.05, 0) is 60.2 Å². The number of alkyl halides is 2. The molecule has 0 spiro atoms. The number of carbonyl (C=O) groups is 1. The van der Waals surface area contributed by atoms with Crippen molar-refractivity contribution in [3.05, 3.63) is 113 Å². The van der Waals surface area contributed by atoms with Crippen molar-refractivity contribution >= 4 is 21.6 Å². The molecule has 1 heterocycles. The third kappa shape index (κ3) is 6.29. The number of carbonyl (C=O) groups excluding carboxylic acids is 1. The summed E-state index contributed by atoms with van der Waals surface area (Å²) in [6.45, 7) is 3.88. The first kappa shape index (κ1) is 29.6. The number of sulfonamides is 1. The van der Waals surface area contributed by atoms with E-state index in [1.165, 1.54) is 30.3 Å². The van der Waals surface area contributed by atoms with Crippen LogP contribution in [0.3, 0.4) is 0 Å². The van der Waals surface area contributed by atoms with Gasteiger partial charge >= 0.3 is 0 Å². The Bertz CT molecular complexity index is 1690. The number of nitrogens with zero attached hydrogens (tertiary/aromatic N) is 3. The van der Waals surface area contributed by atoms with Crippen molar-refractivity contribution in [2.75, 3.05) is 4.90 Å². The molecule has 0 bridgehead atoms. The van der Waals surface area contributed by atoms with Crippen LogP contribution in [-0.4, -0.2) is 23.9 Å². The highest BCUT2D eigenvalue weighted by Gasteiger charge is 2.42. The number of imidazole rings is 1. The molecule has 0 saturated carbocycles. The zero-order valence-electron chi connectivity index (χ0n) is 23.8. The van der Waals surface area contributed by atoms with E-state index >= 15 is 8.78 Å². The molecule has 5 rings (SSSR count). The molecule has 1 aromatic heterocycles. The van der Waals surface area contributed by atoms with Gasteiger partial charge in [0.2, 0.25) is 15.9 Å². The summed E-state index contributed by atoms with van der Waals surface area (Å²) in [4.78, 5) is 19.8. The van der Waals surface area contributed by atoms with Crippen LogP contribution in [0.5, 0.6) is 0 Å². The molecular formula is C32H34F2N4O3S. The van der Waals surface area contributed by atoms with Crippen molar-refractivity contribution in [1.29, 1.82) is 0 Å². The summed E-state index contributed by atoms with van der Waals surface area (Å²) in [7, 11) is -2.17. The number of hydrogen-bond donors (Lipinski definition) is 1. The normalized spacial score (nSPS) is 16.9. The zero-order valence-corrected chi connectivity index (χ0v) is 24.6. The number of halogens is 2. The highest BCUT2D eigenvalue weighted by atomic mass is 32.2. The van der Waals surface area contributed by atoms with Gasteiger partial charge in [0.1, 0.15) is 5.82 Å². The van der Waals surface area contributed by atoms with E-state index in [4.69, 9.17) is 0 Å². The number of benzene rings is 3. The van der Waals surface area contributed by atoms with E-state index < -0.39 is 28.4 Å². The SMILES string of the molecule is Cc1cccc(S(=O)(=O)N[C@H]2CCC(F)(F)c3ccc(N(Cc4nccn4C)C(=O)C[C@H](C)c4ccccc4)cc32)c1. The minimum Gasteiger partial charge on any atom is -0.337 e. The second kappa shape index (κ2) is 11.8. The van der Waals surface area contributed by atoms with Crippen LogP contribution in [0.1, 0.15) is 66.2 Å². The molecule has 1 N–H and O–H groups in total. The summed E-state index contributed by atoms with van der Waals surface area (Å²) in [6, 6.07) is 19.6. The fourth-order valence-electron chi connectivity index (χ4n) is 5.40. The van der Waals surface area contributed by atoms with Gasteiger partial charge in [-0.3, -0.25) is 4.79 Å². The molecule has 0 fully saturated rings. The molecule has 42 heavy (non-hydrogen) atoms. The fraction of sp³-hybridized carbons (Fsp3) is 0.312. The van der Waals surface area contributed by atoms with Crippen molar-refractivity contribution in [2.24, 2.45) is 7.05 Å². The average Bonchev–Trinajstić information content (AvgIpc) is 3.37. The standard InChI is InChI=1S/C32H34F2N4O3S/c1-22-8-7-11-26(18-22)42(40,41)36-29-14-15-32(33,34)28-13-12-25(20-27(28)29)38(21-30-35-16-17-37(30)3)31(39)19-23(2)24-9-5-4-6-10-24/h4-13,16-18,20,23,29,36H,14-15,19,21H2,1-3H3/t23-,29-/m0/s1.